The van der Waals surface area contributed by atoms with Crippen molar-refractivity contribution in [2.24, 2.45) is 0 Å². The fourth-order valence-electron chi connectivity index (χ4n) is 2.82. The molecule has 2 aromatic rings. The standard InChI is InChI=1S/C19H25N5O3/c1-2-18(25)21-17-14-16(22-24(17)15-6-4-3-5-7-15)19(26)20-8-9-23-10-12-27-13-11-23/h3-7,14H,2,8-13H2,1H3,(H,20,26)(H,21,25). The minimum Gasteiger partial charge on any atom is -0.379 e. The van der Waals surface area contributed by atoms with Gasteiger partial charge in [-0.3, -0.25) is 14.5 Å². The number of morpholine rings is 1. The Morgan fingerprint density at radius 1 is 1.19 bits per heavy atom. The Morgan fingerprint density at radius 2 is 1.93 bits per heavy atom. The first-order chi connectivity index (χ1) is 13.2. The van der Waals surface area contributed by atoms with Gasteiger partial charge in [0.2, 0.25) is 5.91 Å². The highest BCUT2D eigenvalue weighted by molar-refractivity contribution is 5.95. The molecule has 8 heteroatoms. The van der Waals surface area contributed by atoms with Crippen molar-refractivity contribution in [2.75, 3.05) is 44.7 Å². The number of para-hydroxylation sites is 1. The topological polar surface area (TPSA) is 88.5 Å². The molecule has 0 atom stereocenters. The molecule has 1 saturated heterocycles. The van der Waals surface area contributed by atoms with Gasteiger partial charge in [0.1, 0.15) is 5.82 Å². The van der Waals surface area contributed by atoms with Gasteiger partial charge in [-0.2, -0.15) is 5.10 Å². The molecule has 3 rings (SSSR count). The molecular formula is C19H25N5O3. The van der Waals surface area contributed by atoms with Crippen LogP contribution in [0.1, 0.15) is 23.8 Å². The van der Waals surface area contributed by atoms with Gasteiger partial charge in [-0.1, -0.05) is 25.1 Å². The van der Waals surface area contributed by atoms with Gasteiger partial charge in [-0.25, -0.2) is 4.68 Å². The van der Waals surface area contributed by atoms with E-state index in [2.05, 4.69) is 20.6 Å². The number of anilines is 1. The molecular weight excluding hydrogens is 346 g/mol. The molecule has 144 valence electrons. The highest BCUT2D eigenvalue weighted by Gasteiger charge is 2.17. The number of carbonyl (C=O) groups is 2. The van der Waals surface area contributed by atoms with Gasteiger partial charge in [-0.15, -0.1) is 0 Å². The summed E-state index contributed by atoms with van der Waals surface area (Å²) in [5.41, 5.74) is 1.04. The van der Waals surface area contributed by atoms with E-state index < -0.39 is 0 Å². The second kappa shape index (κ2) is 9.29. The van der Waals surface area contributed by atoms with E-state index >= 15 is 0 Å². The molecule has 2 heterocycles. The van der Waals surface area contributed by atoms with Crippen LogP contribution in [0.2, 0.25) is 0 Å². The van der Waals surface area contributed by atoms with Crippen LogP contribution in [0.25, 0.3) is 5.69 Å². The number of nitrogens with one attached hydrogen (secondary N) is 2. The minimum absolute atomic E-state index is 0.133. The van der Waals surface area contributed by atoms with E-state index in [1.54, 1.807) is 17.7 Å². The zero-order valence-electron chi connectivity index (χ0n) is 15.5. The molecule has 1 aromatic heterocycles. The van der Waals surface area contributed by atoms with Crippen molar-refractivity contribution < 1.29 is 14.3 Å². The van der Waals surface area contributed by atoms with E-state index in [1.807, 2.05) is 30.3 Å². The zero-order valence-corrected chi connectivity index (χ0v) is 15.5. The van der Waals surface area contributed by atoms with E-state index in [9.17, 15) is 9.59 Å². The third-order valence-corrected chi connectivity index (χ3v) is 4.35. The minimum atomic E-state index is -0.259. The normalized spacial score (nSPS) is 14.7. The monoisotopic (exact) mass is 371 g/mol. The average molecular weight is 371 g/mol. The fourth-order valence-corrected chi connectivity index (χ4v) is 2.82. The number of hydrogen-bond donors (Lipinski definition) is 2. The van der Waals surface area contributed by atoms with Crippen LogP contribution in [-0.2, 0) is 9.53 Å². The molecule has 0 saturated carbocycles. The predicted octanol–water partition coefficient (Wildman–Crippen LogP) is 1.28. The first kappa shape index (κ1) is 19.1. The first-order valence-electron chi connectivity index (χ1n) is 9.21. The fraction of sp³-hybridized carbons (Fsp3) is 0.421. The van der Waals surface area contributed by atoms with Gasteiger partial charge >= 0.3 is 0 Å². The average Bonchev–Trinajstić information content (AvgIpc) is 3.13. The van der Waals surface area contributed by atoms with Crippen LogP contribution < -0.4 is 10.6 Å². The molecule has 2 amide bonds. The van der Waals surface area contributed by atoms with Crippen molar-refractivity contribution in [3.63, 3.8) is 0 Å². The van der Waals surface area contributed by atoms with Gasteiger partial charge in [-0.05, 0) is 12.1 Å². The zero-order chi connectivity index (χ0) is 19.1. The lowest BCUT2D eigenvalue weighted by Gasteiger charge is -2.26. The van der Waals surface area contributed by atoms with Crippen molar-refractivity contribution in [1.82, 2.24) is 20.0 Å². The van der Waals surface area contributed by atoms with E-state index in [0.717, 1.165) is 38.5 Å². The number of carbonyl (C=O) groups excluding carboxylic acids is 2. The molecule has 2 N–H and O–H groups in total. The van der Waals surface area contributed by atoms with Crippen molar-refractivity contribution in [2.45, 2.75) is 13.3 Å². The lowest BCUT2D eigenvalue weighted by Crippen LogP contribution is -2.41. The summed E-state index contributed by atoms with van der Waals surface area (Å²) in [6, 6.07) is 11.0. The summed E-state index contributed by atoms with van der Waals surface area (Å²) in [6.07, 6.45) is 0.348. The summed E-state index contributed by atoms with van der Waals surface area (Å²) in [7, 11) is 0. The smallest absolute Gasteiger partial charge is 0.271 e. The number of ether oxygens (including phenoxy) is 1. The molecule has 0 unspecified atom stereocenters. The summed E-state index contributed by atoms with van der Waals surface area (Å²) in [6.45, 7) is 6.31. The number of aromatic nitrogens is 2. The molecule has 1 aromatic carbocycles. The van der Waals surface area contributed by atoms with Crippen molar-refractivity contribution in [3.8, 4) is 5.69 Å². The quantitative estimate of drug-likeness (QED) is 0.766. The Kier molecular flexibility index (Phi) is 6.56. The van der Waals surface area contributed by atoms with Crippen molar-refractivity contribution in [1.29, 1.82) is 0 Å². The third-order valence-electron chi connectivity index (χ3n) is 4.35. The van der Waals surface area contributed by atoms with Crippen LogP contribution in [0.15, 0.2) is 36.4 Å². The highest BCUT2D eigenvalue weighted by Crippen LogP contribution is 2.17. The van der Waals surface area contributed by atoms with Crippen molar-refractivity contribution >= 4 is 17.6 Å². The Balaban J connectivity index is 1.68. The Labute approximate surface area is 158 Å². The van der Waals surface area contributed by atoms with Crippen LogP contribution in [-0.4, -0.2) is 65.9 Å². The maximum atomic E-state index is 12.5. The molecule has 0 spiro atoms. The van der Waals surface area contributed by atoms with E-state index in [-0.39, 0.29) is 17.5 Å². The lowest BCUT2D eigenvalue weighted by atomic mass is 10.3. The Bertz CT molecular complexity index is 769. The number of rotatable bonds is 7. The molecule has 27 heavy (non-hydrogen) atoms. The summed E-state index contributed by atoms with van der Waals surface area (Å²) < 4.78 is 6.89. The number of nitrogens with zero attached hydrogens (tertiary/aromatic N) is 3. The molecule has 8 nitrogen and oxygen atoms in total. The van der Waals surface area contributed by atoms with Crippen LogP contribution in [0.5, 0.6) is 0 Å². The highest BCUT2D eigenvalue weighted by atomic mass is 16.5. The van der Waals surface area contributed by atoms with Crippen molar-refractivity contribution in [3.05, 3.63) is 42.1 Å². The van der Waals surface area contributed by atoms with Gasteiger partial charge in [0.25, 0.3) is 5.91 Å². The summed E-state index contributed by atoms with van der Waals surface area (Å²) in [5.74, 6) is 0.0858. The Hall–Kier alpha value is -2.71. The largest absolute Gasteiger partial charge is 0.379 e. The summed E-state index contributed by atoms with van der Waals surface area (Å²) >= 11 is 0. The second-order valence-electron chi connectivity index (χ2n) is 6.27. The second-order valence-corrected chi connectivity index (χ2v) is 6.27. The number of benzene rings is 1. The van der Waals surface area contributed by atoms with Crippen LogP contribution in [0, 0.1) is 0 Å². The summed E-state index contributed by atoms with van der Waals surface area (Å²) in [5, 5.41) is 10.1. The maximum absolute atomic E-state index is 12.5. The molecule has 0 aliphatic carbocycles. The van der Waals surface area contributed by atoms with Gasteiger partial charge in [0, 0.05) is 38.7 Å². The summed E-state index contributed by atoms with van der Waals surface area (Å²) in [4.78, 5) is 26.6. The van der Waals surface area contributed by atoms with Crippen LogP contribution >= 0.6 is 0 Å². The first-order valence-corrected chi connectivity index (χ1v) is 9.21. The predicted molar refractivity (Wildman–Crippen MR) is 102 cm³/mol. The van der Waals surface area contributed by atoms with E-state index in [0.29, 0.717) is 18.8 Å². The molecule has 1 aliphatic rings. The molecule has 0 bridgehead atoms. The molecule has 0 radical (unpaired) electrons. The number of amides is 2. The molecule has 1 aliphatic heterocycles. The third kappa shape index (κ3) is 5.15. The van der Waals surface area contributed by atoms with E-state index in [1.165, 1.54) is 0 Å². The molecule has 1 fully saturated rings. The maximum Gasteiger partial charge on any atom is 0.271 e. The van der Waals surface area contributed by atoms with Gasteiger partial charge in [0.05, 0.1) is 18.9 Å². The van der Waals surface area contributed by atoms with Gasteiger partial charge < -0.3 is 15.4 Å². The lowest BCUT2D eigenvalue weighted by molar-refractivity contribution is -0.115. The van der Waals surface area contributed by atoms with Crippen LogP contribution in [0.3, 0.4) is 0 Å². The Morgan fingerprint density at radius 3 is 2.63 bits per heavy atom. The number of hydrogen-bond acceptors (Lipinski definition) is 5. The van der Waals surface area contributed by atoms with E-state index in [4.69, 9.17) is 4.74 Å². The van der Waals surface area contributed by atoms with Gasteiger partial charge in [0.15, 0.2) is 5.69 Å². The van der Waals surface area contributed by atoms with Crippen LogP contribution in [0.4, 0.5) is 5.82 Å². The SMILES string of the molecule is CCC(=O)Nc1cc(C(=O)NCCN2CCOCC2)nn1-c1ccccc1.